The molecule has 0 heterocycles. The van der Waals surface area contributed by atoms with E-state index in [2.05, 4.69) is 31.3 Å². The molecule has 0 bridgehead atoms. The van der Waals surface area contributed by atoms with E-state index < -0.39 is 0 Å². The van der Waals surface area contributed by atoms with Gasteiger partial charge in [-0.25, -0.2) is 0 Å². The number of hydrogen-bond donors (Lipinski definition) is 1. The van der Waals surface area contributed by atoms with Crippen LogP contribution in [0.3, 0.4) is 0 Å². The number of nitrogens with one attached hydrogen (secondary N) is 1. The SMILES string of the molecule is Cc1ccc(C(=O)/C=C\Nc2ccc(CC(C)C)cc2)cc1. The average molecular weight is 293 g/mol. The molecular formula is C20H23NO. The Kier molecular flexibility index (Phi) is 5.54. The Bertz CT molecular complexity index is 636. The molecule has 2 aromatic rings. The number of anilines is 1. The molecule has 114 valence electrons. The number of allylic oxidation sites excluding steroid dienone is 1. The first-order chi connectivity index (χ1) is 10.5. The molecule has 0 unspecified atom stereocenters. The van der Waals surface area contributed by atoms with Crippen molar-refractivity contribution in [3.05, 3.63) is 77.5 Å². The van der Waals surface area contributed by atoms with E-state index in [0.29, 0.717) is 11.5 Å². The van der Waals surface area contributed by atoms with Crippen LogP contribution in [0.2, 0.25) is 0 Å². The molecule has 2 rings (SSSR count). The standard InChI is InChI=1S/C20H23NO/c1-15(2)14-17-6-10-19(11-7-17)21-13-12-20(22)18-8-4-16(3)5-9-18/h4-13,15,21H,14H2,1-3H3/b13-12-. The number of carbonyl (C=O) groups is 1. The van der Waals surface area contributed by atoms with Crippen LogP contribution in [0.1, 0.15) is 35.3 Å². The Morgan fingerprint density at radius 3 is 2.27 bits per heavy atom. The fourth-order valence-electron chi connectivity index (χ4n) is 2.24. The van der Waals surface area contributed by atoms with Crippen molar-refractivity contribution in [2.24, 2.45) is 5.92 Å². The van der Waals surface area contributed by atoms with Gasteiger partial charge in [-0.15, -0.1) is 0 Å². The quantitative estimate of drug-likeness (QED) is 0.599. The van der Waals surface area contributed by atoms with E-state index >= 15 is 0 Å². The smallest absolute Gasteiger partial charge is 0.187 e. The molecule has 0 aromatic heterocycles. The Morgan fingerprint density at radius 1 is 1.05 bits per heavy atom. The summed E-state index contributed by atoms with van der Waals surface area (Å²) in [4.78, 5) is 12.0. The molecule has 2 aromatic carbocycles. The zero-order valence-electron chi connectivity index (χ0n) is 13.5. The summed E-state index contributed by atoms with van der Waals surface area (Å²) in [6.07, 6.45) is 4.34. The summed E-state index contributed by atoms with van der Waals surface area (Å²) in [5, 5.41) is 3.14. The topological polar surface area (TPSA) is 29.1 Å². The fraction of sp³-hybridized carbons (Fsp3) is 0.250. The summed E-state index contributed by atoms with van der Waals surface area (Å²) in [5.41, 5.74) is 4.18. The van der Waals surface area contributed by atoms with Crippen LogP contribution in [0, 0.1) is 12.8 Å². The lowest BCUT2D eigenvalue weighted by molar-refractivity contribution is 0.104. The van der Waals surface area contributed by atoms with Gasteiger partial charge in [-0.3, -0.25) is 4.79 Å². The summed E-state index contributed by atoms with van der Waals surface area (Å²) < 4.78 is 0. The second-order valence-corrected chi connectivity index (χ2v) is 6.00. The lowest BCUT2D eigenvalue weighted by atomic mass is 10.0. The lowest BCUT2D eigenvalue weighted by Gasteiger charge is -2.06. The number of benzene rings is 2. The number of aryl methyl sites for hydroxylation is 1. The summed E-state index contributed by atoms with van der Waals surface area (Å²) in [6, 6.07) is 15.9. The molecule has 0 atom stereocenters. The van der Waals surface area contributed by atoms with Gasteiger partial charge in [-0.05, 0) is 37.0 Å². The van der Waals surface area contributed by atoms with Gasteiger partial charge in [0.1, 0.15) is 0 Å². The Balaban J connectivity index is 1.91. The van der Waals surface area contributed by atoms with Crippen LogP contribution in [0.5, 0.6) is 0 Å². The molecule has 0 radical (unpaired) electrons. The number of ketones is 1. The highest BCUT2D eigenvalue weighted by atomic mass is 16.1. The van der Waals surface area contributed by atoms with E-state index in [0.717, 1.165) is 17.7 Å². The molecule has 2 heteroatoms. The minimum atomic E-state index is 0.00364. The third-order valence-electron chi connectivity index (χ3n) is 3.42. The highest BCUT2D eigenvalue weighted by Crippen LogP contribution is 2.13. The zero-order valence-corrected chi connectivity index (χ0v) is 13.5. The van der Waals surface area contributed by atoms with Crippen LogP contribution < -0.4 is 5.32 Å². The van der Waals surface area contributed by atoms with Gasteiger partial charge in [0, 0.05) is 23.5 Å². The second kappa shape index (κ2) is 7.60. The van der Waals surface area contributed by atoms with E-state index in [9.17, 15) is 4.79 Å². The van der Waals surface area contributed by atoms with E-state index in [1.807, 2.05) is 43.3 Å². The van der Waals surface area contributed by atoms with Crippen molar-refractivity contribution in [1.29, 1.82) is 0 Å². The molecular weight excluding hydrogens is 270 g/mol. The van der Waals surface area contributed by atoms with Crippen molar-refractivity contribution >= 4 is 11.5 Å². The average Bonchev–Trinajstić information content (AvgIpc) is 2.49. The highest BCUT2D eigenvalue weighted by Gasteiger charge is 2.00. The normalized spacial score (nSPS) is 11.1. The lowest BCUT2D eigenvalue weighted by Crippen LogP contribution is -1.97. The van der Waals surface area contributed by atoms with Gasteiger partial charge in [0.25, 0.3) is 0 Å². The molecule has 0 fully saturated rings. The maximum absolute atomic E-state index is 12.0. The summed E-state index contributed by atoms with van der Waals surface area (Å²) in [7, 11) is 0. The van der Waals surface area contributed by atoms with Gasteiger partial charge in [-0.2, -0.15) is 0 Å². The predicted octanol–water partition coefficient (Wildman–Crippen LogP) is 5.00. The number of hydrogen-bond acceptors (Lipinski definition) is 2. The third-order valence-corrected chi connectivity index (χ3v) is 3.42. The molecule has 22 heavy (non-hydrogen) atoms. The van der Waals surface area contributed by atoms with Gasteiger partial charge >= 0.3 is 0 Å². The molecule has 1 N–H and O–H groups in total. The first-order valence-corrected chi connectivity index (χ1v) is 7.67. The minimum Gasteiger partial charge on any atom is -0.362 e. The van der Waals surface area contributed by atoms with E-state index in [-0.39, 0.29) is 5.78 Å². The van der Waals surface area contributed by atoms with Crippen molar-refractivity contribution < 1.29 is 4.79 Å². The largest absolute Gasteiger partial charge is 0.362 e. The molecule has 0 saturated carbocycles. The van der Waals surface area contributed by atoms with E-state index in [1.54, 1.807) is 12.3 Å². The summed E-state index contributed by atoms with van der Waals surface area (Å²) in [6.45, 7) is 6.44. The Morgan fingerprint density at radius 2 is 1.68 bits per heavy atom. The van der Waals surface area contributed by atoms with Crippen LogP contribution in [-0.4, -0.2) is 5.78 Å². The monoisotopic (exact) mass is 293 g/mol. The fourth-order valence-corrected chi connectivity index (χ4v) is 2.24. The third kappa shape index (κ3) is 4.88. The van der Waals surface area contributed by atoms with Gasteiger partial charge in [-0.1, -0.05) is 55.8 Å². The van der Waals surface area contributed by atoms with Crippen molar-refractivity contribution in [3.8, 4) is 0 Å². The second-order valence-electron chi connectivity index (χ2n) is 6.00. The van der Waals surface area contributed by atoms with Gasteiger partial charge in [0.05, 0.1) is 0 Å². The molecule has 0 amide bonds. The van der Waals surface area contributed by atoms with Crippen molar-refractivity contribution in [2.45, 2.75) is 27.2 Å². The van der Waals surface area contributed by atoms with Crippen molar-refractivity contribution in [2.75, 3.05) is 5.32 Å². The molecule has 0 aliphatic heterocycles. The Labute approximate surface area is 132 Å². The first kappa shape index (κ1) is 16.0. The molecule has 0 aliphatic rings. The Hall–Kier alpha value is -2.35. The van der Waals surface area contributed by atoms with Crippen LogP contribution in [0.4, 0.5) is 5.69 Å². The summed E-state index contributed by atoms with van der Waals surface area (Å²) >= 11 is 0. The molecule has 0 saturated heterocycles. The highest BCUT2D eigenvalue weighted by molar-refractivity contribution is 6.04. The number of rotatable bonds is 6. The van der Waals surface area contributed by atoms with Crippen molar-refractivity contribution in [1.82, 2.24) is 0 Å². The molecule has 0 spiro atoms. The predicted molar refractivity (Wildman–Crippen MR) is 93.3 cm³/mol. The van der Waals surface area contributed by atoms with Gasteiger partial charge in [0.2, 0.25) is 0 Å². The van der Waals surface area contributed by atoms with Crippen LogP contribution in [0.15, 0.2) is 60.8 Å². The van der Waals surface area contributed by atoms with Gasteiger partial charge in [0.15, 0.2) is 5.78 Å². The zero-order chi connectivity index (χ0) is 15.9. The first-order valence-electron chi connectivity index (χ1n) is 7.67. The van der Waals surface area contributed by atoms with Crippen LogP contribution in [-0.2, 0) is 6.42 Å². The maximum atomic E-state index is 12.0. The molecule has 0 aliphatic carbocycles. The van der Waals surface area contributed by atoms with Crippen LogP contribution >= 0.6 is 0 Å². The maximum Gasteiger partial charge on any atom is 0.187 e. The minimum absolute atomic E-state index is 0.00364. The summed E-state index contributed by atoms with van der Waals surface area (Å²) in [5.74, 6) is 0.662. The van der Waals surface area contributed by atoms with Crippen molar-refractivity contribution in [3.63, 3.8) is 0 Å². The van der Waals surface area contributed by atoms with Gasteiger partial charge < -0.3 is 5.32 Å². The van der Waals surface area contributed by atoms with Crippen LogP contribution in [0.25, 0.3) is 0 Å². The molecule has 2 nitrogen and oxygen atoms in total. The van der Waals surface area contributed by atoms with E-state index in [4.69, 9.17) is 0 Å². The van der Waals surface area contributed by atoms with E-state index in [1.165, 1.54) is 5.56 Å². The number of carbonyl (C=O) groups excluding carboxylic acids is 1.